The number of hydrogen-bond donors (Lipinski definition) is 1. The molecule has 0 aromatic heterocycles. The molecule has 2 aromatic carbocycles. The molecule has 0 saturated carbocycles. The fourth-order valence-corrected chi connectivity index (χ4v) is 2.31. The van der Waals surface area contributed by atoms with Gasteiger partial charge in [-0.05, 0) is 24.3 Å². The molecular formula is C18H18ClNO5. The van der Waals surface area contributed by atoms with Crippen LogP contribution in [0.2, 0.25) is 5.02 Å². The minimum atomic E-state index is -0.688. The van der Waals surface area contributed by atoms with Crippen LogP contribution in [0.1, 0.15) is 15.9 Å². The van der Waals surface area contributed by atoms with Gasteiger partial charge in [0.2, 0.25) is 0 Å². The number of methoxy groups -OCH3 is 2. The van der Waals surface area contributed by atoms with E-state index < -0.39 is 18.5 Å². The van der Waals surface area contributed by atoms with Crippen LogP contribution in [-0.4, -0.2) is 32.7 Å². The van der Waals surface area contributed by atoms with Crippen LogP contribution in [0, 0.1) is 0 Å². The van der Waals surface area contributed by atoms with Gasteiger partial charge in [-0.2, -0.15) is 0 Å². The maximum absolute atomic E-state index is 12.1. The number of carbonyl (C=O) groups excluding carboxylic acids is 2. The van der Waals surface area contributed by atoms with Crippen molar-refractivity contribution < 1.29 is 23.8 Å². The number of para-hydroxylation sites is 1. The van der Waals surface area contributed by atoms with Gasteiger partial charge in [-0.1, -0.05) is 29.8 Å². The summed E-state index contributed by atoms with van der Waals surface area (Å²) in [6, 6.07) is 11.9. The Bertz CT molecular complexity index is 763. The first kappa shape index (κ1) is 18.6. The lowest BCUT2D eigenvalue weighted by atomic mass is 10.2. The van der Waals surface area contributed by atoms with E-state index in [1.54, 1.807) is 25.3 Å². The molecule has 25 heavy (non-hydrogen) atoms. The van der Waals surface area contributed by atoms with Crippen molar-refractivity contribution in [2.24, 2.45) is 0 Å². The van der Waals surface area contributed by atoms with E-state index in [0.29, 0.717) is 16.5 Å². The largest absolute Gasteiger partial charge is 0.496 e. The van der Waals surface area contributed by atoms with Crippen molar-refractivity contribution in [3.63, 3.8) is 0 Å². The summed E-state index contributed by atoms with van der Waals surface area (Å²) >= 11 is 5.87. The molecule has 0 aliphatic carbocycles. The van der Waals surface area contributed by atoms with E-state index >= 15 is 0 Å². The van der Waals surface area contributed by atoms with E-state index in [-0.39, 0.29) is 12.1 Å². The number of carbonyl (C=O) groups is 2. The smallest absolute Gasteiger partial charge is 0.342 e. The first-order chi connectivity index (χ1) is 12.0. The molecule has 0 atom stereocenters. The Labute approximate surface area is 150 Å². The highest BCUT2D eigenvalue weighted by Gasteiger charge is 2.16. The van der Waals surface area contributed by atoms with Gasteiger partial charge in [0, 0.05) is 17.1 Å². The molecule has 0 aliphatic heterocycles. The summed E-state index contributed by atoms with van der Waals surface area (Å²) in [6.45, 7) is -0.148. The van der Waals surface area contributed by atoms with Crippen LogP contribution in [0.15, 0.2) is 42.5 Å². The molecule has 0 spiro atoms. The Kier molecular flexibility index (Phi) is 6.65. The third-order valence-electron chi connectivity index (χ3n) is 3.38. The quantitative estimate of drug-likeness (QED) is 0.766. The number of nitrogens with one attached hydrogen (secondary N) is 1. The first-order valence-electron chi connectivity index (χ1n) is 7.44. The van der Waals surface area contributed by atoms with E-state index in [1.807, 2.05) is 18.2 Å². The standard InChI is InChI=1S/C18H18ClNO5/c1-23-15-6-4-3-5-12(15)10-20-17(21)11-25-18(22)14-9-13(19)7-8-16(14)24-2/h3-9H,10-11H2,1-2H3,(H,20,21). The highest BCUT2D eigenvalue weighted by molar-refractivity contribution is 6.31. The maximum Gasteiger partial charge on any atom is 0.342 e. The predicted molar refractivity (Wildman–Crippen MR) is 93.1 cm³/mol. The molecule has 0 radical (unpaired) electrons. The molecule has 7 heteroatoms. The number of hydrogen-bond acceptors (Lipinski definition) is 5. The van der Waals surface area contributed by atoms with Crippen LogP contribution < -0.4 is 14.8 Å². The van der Waals surface area contributed by atoms with Crippen LogP contribution in [0.4, 0.5) is 0 Å². The Morgan fingerprint density at radius 1 is 1.04 bits per heavy atom. The molecule has 2 rings (SSSR count). The molecule has 0 heterocycles. The monoisotopic (exact) mass is 363 g/mol. The van der Waals surface area contributed by atoms with E-state index in [1.165, 1.54) is 13.2 Å². The molecule has 6 nitrogen and oxygen atoms in total. The fraction of sp³-hybridized carbons (Fsp3) is 0.222. The van der Waals surface area contributed by atoms with Crippen molar-refractivity contribution in [2.75, 3.05) is 20.8 Å². The molecule has 0 saturated heterocycles. The highest BCUT2D eigenvalue weighted by atomic mass is 35.5. The fourth-order valence-electron chi connectivity index (χ4n) is 2.14. The van der Waals surface area contributed by atoms with Crippen molar-refractivity contribution in [3.05, 3.63) is 58.6 Å². The number of esters is 1. The molecule has 132 valence electrons. The molecule has 2 aromatic rings. The van der Waals surface area contributed by atoms with Gasteiger partial charge < -0.3 is 19.5 Å². The van der Waals surface area contributed by atoms with Gasteiger partial charge >= 0.3 is 5.97 Å². The van der Waals surface area contributed by atoms with Crippen molar-refractivity contribution >= 4 is 23.5 Å². The second-order valence-electron chi connectivity index (χ2n) is 5.01. The Hall–Kier alpha value is -2.73. The van der Waals surface area contributed by atoms with Gasteiger partial charge in [0.1, 0.15) is 17.1 Å². The van der Waals surface area contributed by atoms with Crippen molar-refractivity contribution in [2.45, 2.75) is 6.54 Å². The van der Waals surface area contributed by atoms with Gasteiger partial charge in [-0.25, -0.2) is 4.79 Å². The number of amides is 1. The minimum Gasteiger partial charge on any atom is -0.496 e. The summed E-state index contributed by atoms with van der Waals surface area (Å²) in [7, 11) is 2.99. The van der Waals surface area contributed by atoms with Crippen molar-refractivity contribution in [1.82, 2.24) is 5.32 Å². The molecule has 0 unspecified atom stereocenters. The molecule has 0 bridgehead atoms. The van der Waals surface area contributed by atoms with Crippen LogP contribution >= 0.6 is 11.6 Å². The van der Waals surface area contributed by atoms with Crippen LogP contribution in [0.3, 0.4) is 0 Å². The molecule has 0 fully saturated rings. The van der Waals surface area contributed by atoms with Gasteiger partial charge in [0.15, 0.2) is 6.61 Å². The van der Waals surface area contributed by atoms with Gasteiger partial charge in [0.25, 0.3) is 5.91 Å². The number of ether oxygens (including phenoxy) is 3. The van der Waals surface area contributed by atoms with Crippen molar-refractivity contribution in [3.8, 4) is 11.5 Å². The van der Waals surface area contributed by atoms with Crippen molar-refractivity contribution in [1.29, 1.82) is 0 Å². The highest BCUT2D eigenvalue weighted by Crippen LogP contribution is 2.23. The molecule has 0 aliphatic rings. The lowest BCUT2D eigenvalue weighted by Crippen LogP contribution is -2.28. The number of halogens is 1. The van der Waals surface area contributed by atoms with Gasteiger partial charge in [-0.3, -0.25) is 4.79 Å². The molecular weight excluding hydrogens is 346 g/mol. The second-order valence-corrected chi connectivity index (χ2v) is 5.45. The minimum absolute atomic E-state index is 0.160. The van der Waals surface area contributed by atoms with Crippen LogP contribution in [0.5, 0.6) is 11.5 Å². The summed E-state index contributed by atoms with van der Waals surface area (Å²) in [5.74, 6) is -0.126. The summed E-state index contributed by atoms with van der Waals surface area (Å²) in [5, 5.41) is 3.04. The summed E-state index contributed by atoms with van der Waals surface area (Å²) in [6.07, 6.45) is 0. The lowest BCUT2D eigenvalue weighted by molar-refractivity contribution is -0.124. The zero-order chi connectivity index (χ0) is 18.2. The van der Waals surface area contributed by atoms with E-state index in [9.17, 15) is 9.59 Å². The summed E-state index contributed by atoms with van der Waals surface area (Å²) in [5.41, 5.74) is 0.980. The Morgan fingerprint density at radius 3 is 2.48 bits per heavy atom. The number of rotatable bonds is 7. The zero-order valence-corrected chi connectivity index (χ0v) is 14.6. The Morgan fingerprint density at radius 2 is 1.76 bits per heavy atom. The second kappa shape index (κ2) is 8.94. The predicted octanol–water partition coefficient (Wildman–Crippen LogP) is 2.83. The average Bonchev–Trinajstić information content (AvgIpc) is 2.64. The lowest BCUT2D eigenvalue weighted by Gasteiger charge is -2.11. The third kappa shape index (κ3) is 5.12. The molecule has 1 N–H and O–H groups in total. The van der Waals surface area contributed by atoms with Crippen LogP contribution in [0.25, 0.3) is 0 Å². The van der Waals surface area contributed by atoms with Gasteiger partial charge in [-0.15, -0.1) is 0 Å². The van der Waals surface area contributed by atoms with E-state index in [2.05, 4.69) is 5.32 Å². The summed E-state index contributed by atoms with van der Waals surface area (Å²) in [4.78, 5) is 24.0. The van der Waals surface area contributed by atoms with E-state index in [0.717, 1.165) is 5.56 Å². The number of benzene rings is 2. The summed E-state index contributed by atoms with van der Waals surface area (Å²) < 4.78 is 15.3. The average molecular weight is 364 g/mol. The maximum atomic E-state index is 12.1. The first-order valence-corrected chi connectivity index (χ1v) is 7.82. The molecule has 1 amide bonds. The van der Waals surface area contributed by atoms with Crippen LogP contribution in [-0.2, 0) is 16.1 Å². The zero-order valence-electron chi connectivity index (χ0n) is 13.9. The third-order valence-corrected chi connectivity index (χ3v) is 3.62. The SMILES string of the molecule is COc1ccccc1CNC(=O)COC(=O)c1cc(Cl)ccc1OC. The van der Waals surface area contributed by atoms with Gasteiger partial charge in [0.05, 0.1) is 14.2 Å². The normalized spacial score (nSPS) is 10.0. The van der Waals surface area contributed by atoms with E-state index in [4.69, 9.17) is 25.8 Å². The topological polar surface area (TPSA) is 73.9 Å². The Balaban J connectivity index is 1.89.